The van der Waals surface area contributed by atoms with Crippen LogP contribution in [0.3, 0.4) is 0 Å². The van der Waals surface area contributed by atoms with Gasteiger partial charge in [-0.1, -0.05) is 13.8 Å². The minimum Gasteiger partial charge on any atom is -0.481 e. The summed E-state index contributed by atoms with van der Waals surface area (Å²) in [6.07, 6.45) is 2.53. The molecular weight excluding hydrogens is 208 g/mol. The zero-order valence-electron chi connectivity index (χ0n) is 9.82. The minimum absolute atomic E-state index is 0.166. The summed E-state index contributed by atoms with van der Waals surface area (Å²) in [6.45, 7) is 4.52. The Morgan fingerprint density at radius 1 is 1.25 bits per heavy atom. The lowest BCUT2D eigenvalue weighted by molar-refractivity contribution is -0.140. The van der Waals surface area contributed by atoms with Crippen LogP contribution in [0.15, 0.2) is 0 Å². The van der Waals surface area contributed by atoms with Gasteiger partial charge in [0, 0.05) is 13.1 Å². The number of carbonyl (C=O) groups excluding carboxylic acids is 1. The van der Waals surface area contributed by atoms with Gasteiger partial charge in [-0.25, -0.2) is 4.79 Å². The molecule has 0 radical (unpaired) electrons. The highest BCUT2D eigenvalue weighted by Gasteiger charge is 2.27. The van der Waals surface area contributed by atoms with Gasteiger partial charge in [0.15, 0.2) is 0 Å². The molecule has 0 aliphatic heterocycles. The van der Waals surface area contributed by atoms with Crippen LogP contribution in [0.5, 0.6) is 0 Å². The van der Waals surface area contributed by atoms with Crippen LogP contribution in [0.4, 0.5) is 4.79 Å². The Morgan fingerprint density at radius 3 is 2.31 bits per heavy atom. The highest BCUT2D eigenvalue weighted by molar-refractivity contribution is 5.75. The van der Waals surface area contributed by atoms with Gasteiger partial charge in [0.2, 0.25) is 0 Å². The van der Waals surface area contributed by atoms with Gasteiger partial charge in [0.05, 0.1) is 5.92 Å². The van der Waals surface area contributed by atoms with Crippen LogP contribution in [-0.4, -0.2) is 30.2 Å². The van der Waals surface area contributed by atoms with Crippen molar-refractivity contribution in [2.45, 2.75) is 26.7 Å². The molecule has 1 aliphatic carbocycles. The van der Waals surface area contributed by atoms with Crippen molar-refractivity contribution < 1.29 is 14.7 Å². The third-order valence-electron chi connectivity index (χ3n) is 3.00. The summed E-state index contributed by atoms with van der Waals surface area (Å²) >= 11 is 0. The summed E-state index contributed by atoms with van der Waals surface area (Å²) in [5.41, 5.74) is 0. The van der Waals surface area contributed by atoms with Gasteiger partial charge in [0.1, 0.15) is 0 Å². The third kappa shape index (κ3) is 4.51. The lowest BCUT2D eigenvalue weighted by Gasteiger charge is -2.13. The molecular formula is C11H20N2O3. The first kappa shape index (κ1) is 12.8. The van der Waals surface area contributed by atoms with E-state index in [0.717, 1.165) is 5.92 Å². The monoisotopic (exact) mass is 228 g/mol. The Labute approximate surface area is 95.6 Å². The van der Waals surface area contributed by atoms with Crippen LogP contribution >= 0.6 is 0 Å². The molecule has 3 N–H and O–H groups in total. The molecule has 2 unspecified atom stereocenters. The van der Waals surface area contributed by atoms with Crippen LogP contribution < -0.4 is 10.6 Å². The van der Waals surface area contributed by atoms with E-state index in [1.165, 1.54) is 12.8 Å². The summed E-state index contributed by atoms with van der Waals surface area (Å²) in [4.78, 5) is 21.8. The number of carbonyl (C=O) groups is 2. The third-order valence-corrected chi connectivity index (χ3v) is 3.00. The normalized spacial score (nSPS) is 18.6. The van der Waals surface area contributed by atoms with Gasteiger partial charge in [-0.15, -0.1) is 0 Å². The predicted molar refractivity (Wildman–Crippen MR) is 60.1 cm³/mol. The summed E-state index contributed by atoms with van der Waals surface area (Å²) in [7, 11) is 0. The Bertz CT molecular complexity index is 264. The van der Waals surface area contributed by atoms with Crippen LogP contribution in [-0.2, 0) is 4.79 Å². The van der Waals surface area contributed by atoms with Crippen molar-refractivity contribution in [3.05, 3.63) is 0 Å². The maximum atomic E-state index is 11.3. The fourth-order valence-electron chi connectivity index (χ4n) is 1.48. The lowest BCUT2D eigenvalue weighted by atomic mass is 10.1. The predicted octanol–water partition coefficient (Wildman–Crippen LogP) is 1.05. The molecule has 0 aromatic rings. The van der Waals surface area contributed by atoms with Crippen molar-refractivity contribution in [2.75, 3.05) is 13.1 Å². The second kappa shape index (κ2) is 5.72. The molecule has 5 nitrogen and oxygen atoms in total. The first-order valence-electron chi connectivity index (χ1n) is 5.75. The number of rotatable bonds is 6. The van der Waals surface area contributed by atoms with Crippen LogP contribution in [0.1, 0.15) is 26.7 Å². The number of amides is 2. The Kier molecular flexibility index (Phi) is 4.58. The SMILES string of the molecule is CC(CNC(=O)NCC(C)C1CC1)C(=O)O. The van der Waals surface area contributed by atoms with Crippen molar-refractivity contribution >= 4 is 12.0 Å². The molecule has 5 heteroatoms. The van der Waals surface area contributed by atoms with Crippen molar-refractivity contribution in [3.63, 3.8) is 0 Å². The molecule has 2 atom stereocenters. The molecule has 0 heterocycles. The molecule has 0 aromatic carbocycles. The topological polar surface area (TPSA) is 78.4 Å². The van der Waals surface area contributed by atoms with Crippen LogP contribution in [0.25, 0.3) is 0 Å². The standard InChI is InChI=1S/C11H20N2O3/c1-7(9-3-4-9)5-12-11(16)13-6-8(2)10(14)15/h7-9H,3-6H2,1-2H3,(H,14,15)(H2,12,13,16). The fourth-order valence-corrected chi connectivity index (χ4v) is 1.48. The number of nitrogens with one attached hydrogen (secondary N) is 2. The van der Waals surface area contributed by atoms with Crippen molar-refractivity contribution in [1.29, 1.82) is 0 Å². The quantitative estimate of drug-likeness (QED) is 0.636. The Morgan fingerprint density at radius 2 is 1.81 bits per heavy atom. The average Bonchev–Trinajstić information content (AvgIpc) is 3.05. The summed E-state index contributed by atoms with van der Waals surface area (Å²) in [5.74, 6) is -0.167. The van der Waals surface area contributed by atoms with Gasteiger partial charge >= 0.3 is 12.0 Å². The van der Waals surface area contributed by atoms with E-state index in [9.17, 15) is 9.59 Å². The van der Waals surface area contributed by atoms with E-state index in [1.807, 2.05) is 0 Å². The molecule has 0 saturated heterocycles. The zero-order chi connectivity index (χ0) is 12.1. The molecule has 1 saturated carbocycles. The van der Waals surface area contributed by atoms with E-state index in [-0.39, 0.29) is 12.6 Å². The highest BCUT2D eigenvalue weighted by Crippen LogP contribution is 2.35. The molecule has 2 amide bonds. The molecule has 1 rings (SSSR count). The number of hydrogen-bond donors (Lipinski definition) is 3. The largest absolute Gasteiger partial charge is 0.481 e. The minimum atomic E-state index is -0.897. The summed E-state index contributed by atoms with van der Waals surface area (Å²) < 4.78 is 0. The van der Waals surface area contributed by atoms with Gasteiger partial charge in [-0.2, -0.15) is 0 Å². The summed E-state index contributed by atoms with van der Waals surface area (Å²) in [6, 6.07) is -0.277. The highest BCUT2D eigenvalue weighted by atomic mass is 16.4. The maximum absolute atomic E-state index is 11.3. The van der Waals surface area contributed by atoms with E-state index in [2.05, 4.69) is 17.6 Å². The second-order valence-corrected chi connectivity index (χ2v) is 4.64. The van der Waals surface area contributed by atoms with Gasteiger partial charge < -0.3 is 15.7 Å². The first-order valence-corrected chi connectivity index (χ1v) is 5.75. The van der Waals surface area contributed by atoms with Crippen molar-refractivity contribution in [3.8, 4) is 0 Å². The number of hydrogen-bond acceptors (Lipinski definition) is 2. The van der Waals surface area contributed by atoms with E-state index in [1.54, 1.807) is 6.92 Å². The number of aliphatic carboxylic acids is 1. The van der Waals surface area contributed by atoms with E-state index < -0.39 is 11.9 Å². The fraction of sp³-hybridized carbons (Fsp3) is 0.818. The molecule has 1 aliphatic rings. The smallest absolute Gasteiger partial charge is 0.314 e. The maximum Gasteiger partial charge on any atom is 0.314 e. The molecule has 92 valence electrons. The van der Waals surface area contributed by atoms with Crippen molar-refractivity contribution in [1.82, 2.24) is 10.6 Å². The van der Waals surface area contributed by atoms with Gasteiger partial charge in [-0.3, -0.25) is 4.79 Å². The first-order chi connectivity index (χ1) is 7.50. The van der Waals surface area contributed by atoms with Crippen LogP contribution in [0.2, 0.25) is 0 Å². The lowest BCUT2D eigenvalue weighted by Crippen LogP contribution is -2.41. The van der Waals surface area contributed by atoms with E-state index >= 15 is 0 Å². The average molecular weight is 228 g/mol. The summed E-state index contributed by atoms with van der Waals surface area (Å²) in [5, 5.41) is 13.9. The second-order valence-electron chi connectivity index (χ2n) is 4.64. The molecule has 1 fully saturated rings. The van der Waals surface area contributed by atoms with E-state index in [4.69, 9.17) is 5.11 Å². The van der Waals surface area contributed by atoms with E-state index in [0.29, 0.717) is 12.5 Å². The number of urea groups is 1. The van der Waals surface area contributed by atoms with Crippen LogP contribution in [0, 0.1) is 17.8 Å². The van der Waals surface area contributed by atoms with Gasteiger partial charge in [0.25, 0.3) is 0 Å². The molecule has 16 heavy (non-hydrogen) atoms. The molecule has 0 aromatic heterocycles. The Balaban J connectivity index is 2.08. The number of carboxylic acid groups (broad SMARTS) is 1. The van der Waals surface area contributed by atoms with Gasteiger partial charge in [-0.05, 0) is 24.7 Å². The number of carboxylic acids is 1. The Hall–Kier alpha value is -1.26. The van der Waals surface area contributed by atoms with Crippen molar-refractivity contribution in [2.24, 2.45) is 17.8 Å². The molecule has 0 spiro atoms. The zero-order valence-corrected chi connectivity index (χ0v) is 9.82. The molecule has 0 bridgehead atoms.